The summed E-state index contributed by atoms with van der Waals surface area (Å²) in [4.78, 5) is 18.2. The van der Waals surface area contributed by atoms with Gasteiger partial charge in [-0.1, -0.05) is 49.6 Å². The van der Waals surface area contributed by atoms with Crippen LogP contribution in [-0.2, 0) is 19.6 Å². The number of nitrogens with zero attached hydrogens (tertiary/aromatic N) is 5. The van der Waals surface area contributed by atoms with E-state index < -0.39 is 0 Å². The van der Waals surface area contributed by atoms with E-state index in [0.29, 0.717) is 31.2 Å². The standard InChI is InChI=1S/C26H30N6O2/c1-34-23-12-13-24-20(15-23)14-21(26(33)27-24)17-31(16-19-8-4-2-5-9-19)18-25-28-29-30-32(25)22-10-6-3-7-11-22/h2,4-5,8-9,12-15,22H,3,6-7,10-11,16-18H2,1H3,(H,27,33). The molecule has 5 rings (SSSR count). The molecule has 0 bridgehead atoms. The summed E-state index contributed by atoms with van der Waals surface area (Å²) in [6.07, 6.45) is 5.94. The van der Waals surface area contributed by atoms with Crippen molar-refractivity contribution in [3.63, 3.8) is 0 Å². The summed E-state index contributed by atoms with van der Waals surface area (Å²) in [5, 5.41) is 13.6. The van der Waals surface area contributed by atoms with Gasteiger partial charge in [0.25, 0.3) is 5.56 Å². The molecule has 0 amide bonds. The molecule has 1 N–H and O–H groups in total. The van der Waals surface area contributed by atoms with Crippen LogP contribution in [0.4, 0.5) is 0 Å². The number of nitrogens with one attached hydrogen (secondary N) is 1. The summed E-state index contributed by atoms with van der Waals surface area (Å²) in [6, 6.07) is 18.3. The van der Waals surface area contributed by atoms with Gasteiger partial charge in [0.1, 0.15) is 5.75 Å². The van der Waals surface area contributed by atoms with Crippen LogP contribution in [0.25, 0.3) is 10.9 Å². The van der Waals surface area contributed by atoms with Crippen LogP contribution in [0.3, 0.4) is 0 Å². The smallest absolute Gasteiger partial charge is 0.252 e. The number of H-pyrrole nitrogens is 1. The number of rotatable bonds is 8. The van der Waals surface area contributed by atoms with Gasteiger partial charge in [-0.15, -0.1) is 5.10 Å². The summed E-state index contributed by atoms with van der Waals surface area (Å²) in [5.74, 6) is 1.61. The largest absolute Gasteiger partial charge is 0.497 e. The van der Waals surface area contributed by atoms with Crippen LogP contribution in [0.1, 0.15) is 55.1 Å². The summed E-state index contributed by atoms with van der Waals surface area (Å²) in [6.45, 7) is 1.73. The molecular weight excluding hydrogens is 428 g/mol. The Balaban J connectivity index is 1.44. The van der Waals surface area contributed by atoms with Gasteiger partial charge in [-0.25, -0.2) is 4.68 Å². The third-order valence-corrected chi connectivity index (χ3v) is 6.62. The molecule has 0 radical (unpaired) electrons. The van der Waals surface area contributed by atoms with Crippen molar-refractivity contribution in [1.29, 1.82) is 0 Å². The van der Waals surface area contributed by atoms with E-state index in [9.17, 15) is 4.79 Å². The first kappa shape index (κ1) is 22.3. The van der Waals surface area contributed by atoms with Crippen molar-refractivity contribution in [3.8, 4) is 5.75 Å². The number of ether oxygens (including phenoxy) is 1. The molecule has 2 aromatic carbocycles. The van der Waals surface area contributed by atoms with Crippen molar-refractivity contribution < 1.29 is 4.74 Å². The summed E-state index contributed by atoms with van der Waals surface area (Å²) in [5.41, 5.74) is 2.60. The van der Waals surface area contributed by atoms with Crippen LogP contribution in [0, 0.1) is 0 Å². The van der Waals surface area contributed by atoms with Crippen molar-refractivity contribution in [3.05, 3.63) is 81.9 Å². The van der Waals surface area contributed by atoms with Crippen molar-refractivity contribution in [2.45, 2.75) is 57.8 Å². The maximum absolute atomic E-state index is 12.9. The van der Waals surface area contributed by atoms with Gasteiger partial charge in [0.15, 0.2) is 5.82 Å². The summed E-state index contributed by atoms with van der Waals surface area (Å²) in [7, 11) is 1.64. The van der Waals surface area contributed by atoms with Crippen molar-refractivity contribution in [2.75, 3.05) is 7.11 Å². The second-order valence-electron chi connectivity index (χ2n) is 9.04. The number of hydrogen-bond donors (Lipinski definition) is 1. The van der Waals surface area contributed by atoms with Crippen molar-refractivity contribution in [1.82, 2.24) is 30.1 Å². The topological polar surface area (TPSA) is 88.9 Å². The van der Waals surface area contributed by atoms with E-state index in [-0.39, 0.29) is 5.56 Å². The fourth-order valence-corrected chi connectivity index (χ4v) is 4.85. The molecule has 34 heavy (non-hydrogen) atoms. The zero-order chi connectivity index (χ0) is 23.3. The average Bonchev–Trinajstić information content (AvgIpc) is 3.33. The highest BCUT2D eigenvalue weighted by Crippen LogP contribution is 2.28. The molecule has 2 aromatic heterocycles. The second kappa shape index (κ2) is 10.2. The van der Waals surface area contributed by atoms with E-state index in [0.717, 1.165) is 35.3 Å². The van der Waals surface area contributed by atoms with Crippen LogP contribution in [0.2, 0.25) is 0 Å². The molecule has 8 heteroatoms. The monoisotopic (exact) mass is 458 g/mol. The van der Waals surface area contributed by atoms with Gasteiger partial charge < -0.3 is 9.72 Å². The number of aromatic nitrogens is 5. The fraction of sp³-hybridized carbons (Fsp3) is 0.385. The number of aromatic amines is 1. The Bertz CT molecular complexity index is 1290. The zero-order valence-corrected chi connectivity index (χ0v) is 19.5. The van der Waals surface area contributed by atoms with Gasteiger partial charge in [0.2, 0.25) is 0 Å². The van der Waals surface area contributed by atoms with Crippen LogP contribution >= 0.6 is 0 Å². The molecule has 0 unspecified atom stereocenters. The van der Waals surface area contributed by atoms with E-state index >= 15 is 0 Å². The molecule has 4 aromatic rings. The number of pyridine rings is 1. The molecule has 1 aliphatic rings. The van der Waals surface area contributed by atoms with Gasteiger partial charge in [0, 0.05) is 29.6 Å². The van der Waals surface area contributed by atoms with Crippen LogP contribution in [0.15, 0.2) is 59.4 Å². The van der Waals surface area contributed by atoms with E-state index in [1.54, 1.807) is 7.11 Å². The highest BCUT2D eigenvalue weighted by Gasteiger charge is 2.22. The first-order valence-corrected chi connectivity index (χ1v) is 11.9. The maximum Gasteiger partial charge on any atom is 0.252 e. The fourth-order valence-electron chi connectivity index (χ4n) is 4.85. The third kappa shape index (κ3) is 5.02. The normalized spacial score (nSPS) is 14.6. The minimum Gasteiger partial charge on any atom is -0.497 e. The highest BCUT2D eigenvalue weighted by atomic mass is 16.5. The van der Waals surface area contributed by atoms with Crippen LogP contribution in [-0.4, -0.2) is 37.2 Å². The van der Waals surface area contributed by atoms with Gasteiger partial charge in [0.05, 0.1) is 19.7 Å². The summed E-state index contributed by atoms with van der Waals surface area (Å²) >= 11 is 0. The molecule has 0 aliphatic heterocycles. The van der Waals surface area contributed by atoms with Crippen molar-refractivity contribution >= 4 is 10.9 Å². The van der Waals surface area contributed by atoms with Crippen LogP contribution < -0.4 is 10.3 Å². The lowest BCUT2D eigenvalue weighted by molar-refractivity contribution is 0.225. The average molecular weight is 459 g/mol. The van der Waals surface area contributed by atoms with Gasteiger partial charge >= 0.3 is 0 Å². The first-order valence-electron chi connectivity index (χ1n) is 11.9. The molecule has 1 aliphatic carbocycles. The second-order valence-corrected chi connectivity index (χ2v) is 9.04. The van der Waals surface area contributed by atoms with E-state index in [4.69, 9.17) is 4.74 Å². The Morgan fingerprint density at radius 1 is 1.03 bits per heavy atom. The lowest BCUT2D eigenvalue weighted by atomic mass is 9.95. The Labute approximate surface area is 198 Å². The predicted octanol–water partition coefficient (Wildman–Crippen LogP) is 4.23. The van der Waals surface area contributed by atoms with Gasteiger partial charge in [-0.05, 0) is 53.1 Å². The highest BCUT2D eigenvalue weighted by molar-refractivity contribution is 5.80. The van der Waals surface area contributed by atoms with Gasteiger partial charge in [-0.3, -0.25) is 9.69 Å². The third-order valence-electron chi connectivity index (χ3n) is 6.62. The Hall–Kier alpha value is -3.52. The van der Waals surface area contributed by atoms with E-state index in [1.165, 1.54) is 24.8 Å². The first-order chi connectivity index (χ1) is 16.7. The maximum atomic E-state index is 12.9. The van der Waals surface area contributed by atoms with E-state index in [2.05, 4.69) is 37.5 Å². The molecular formula is C26H30N6O2. The number of methoxy groups -OCH3 is 1. The molecule has 0 spiro atoms. The number of tetrazole rings is 1. The predicted molar refractivity (Wildman–Crippen MR) is 130 cm³/mol. The number of benzene rings is 2. The van der Waals surface area contributed by atoms with E-state index in [1.807, 2.05) is 47.1 Å². The molecule has 2 heterocycles. The minimum atomic E-state index is -0.0809. The number of hydrogen-bond acceptors (Lipinski definition) is 6. The number of fused-ring (bicyclic) bond motifs is 1. The molecule has 0 saturated heterocycles. The SMILES string of the molecule is COc1ccc2[nH]c(=O)c(CN(Cc3ccccc3)Cc3nnnn3C3CCCCC3)cc2c1. The van der Waals surface area contributed by atoms with Crippen molar-refractivity contribution in [2.24, 2.45) is 0 Å². The zero-order valence-electron chi connectivity index (χ0n) is 19.5. The molecule has 8 nitrogen and oxygen atoms in total. The Kier molecular flexibility index (Phi) is 6.67. The molecule has 176 valence electrons. The Morgan fingerprint density at radius 3 is 2.65 bits per heavy atom. The Morgan fingerprint density at radius 2 is 1.85 bits per heavy atom. The molecule has 1 saturated carbocycles. The molecule has 0 atom stereocenters. The van der Waals surface area contributed by atoms with Gasteiger partial charge in [-0.2, -0.15) is 0 Å². The lowest BCUT2D eigenvalue weighted by Crippen LogP contribution is -2.29. The quantitative estimate of drug-likeness (QED) is 0.425. The summed E-state index contributed by atoms with van der Waals surface area (Å²) < 4.78 is 7.37. The lowest BCUT2D eigenvalue weighted by Gasteiger charge is -2.25. The van der Waals surface area contributed by atoms with Crippen LogP contribution in [0.5, 0.6) is 5.75 Å². The minimum absolute atomic E-state index is 0.0809. The molecule has 1 fully saturated rings.